The number of sulfonamides is 1. The summed E-state index contributed by atoms with van der Waals surface area (Å²) in [4.78, 5) is 11.3. The lowest BCUT2D eigenvalue weighted by Crippen LogP contribution is -2.27. The molecule has 0 radical (unpaired) electrons. The van der Waals surface area contributed by atoms with Crippen molar-refractivity contribution in [1.29, 1.82) is 0 Å². The van der Waals surface area contributed by atoms with Crippen LogP contribution in [-0.4, -0.2) is 21.4 Å². The molecular formula is C19H13ClF3NO5S. The van der Waals surface area contributed by atoms with Crippen molar-refractivity contribution in [2.75, 3.05) is 11.4 Å². The number of carbonyl (C=O) groups is 1. The molecule has 0 aliphatic heterocycles. The zero-order valence-corrected chi connectivity index (χ0v) is 16.8. The maximum absolute atomic E-state index is 13.1. The summed E-state index contributed by atoms with van der Waals surface area (Å²) in [6, 6.07) is 10.6. The first-order valence-electron chi connectivity index (χ1n) is 8.21. The molecule has 158 valence electrons. The van der Waals surface area contributed by atoms with Gasteiger partial charge >= 0.3 is 12.1 Å². The Morgan fingerprint density at radius 1 is 1.10 bits per heavy atom. The van der Waals surface area contributed by atoms with Gasteiger partial charge in [-0.3, -0.25) is 4.31 Å². The van der Waals surface area contributed by atoms with Crippen LogP contribution in [0, 0.1) is 0 Å². The van der Waals surface area contributed by atoms with E-state index in [2.05, 4.69) is 0 Å². The van der Waals surface area contributed by atoms with Crippen molar-refractivity contribution in [3.8, 4) is 5.75 Å². The number of esters is 1. The highest BCUT2D eigenvalue weighted by molar-refractivity contribution is 7.92. The van der Waals surface area contributed by atoms with Crippen LogP contribution in [0.25, 0.3) is 0 Å². The highest BCUT2D eigenvalue weighted by Crippen LogP contribution is 2.36. The topological polar surface area (TPSA) is 76.8 Å². The van der Waals surface area contributed by atoms with Gasteiger partial charge in [-0.05, 0) is 54.6 Å². The van der Waals surface area contributed by atoms with Crippen molar-refractivity contribution in [2.45, 2.75) is 11.1 Å². The van der Waals surface area contributed by atoms with E-state index in [-0.39, 0.29) is 17.2 Å². The smallest absolute Gasteiger partial charge is 0.417 e. The number of anilines is 1. The number of hydrogen-bond acceptors (Lipinski definition) is 5. The van der Waals surface area contributed by atoms with Crippen LogP contribution in [-0.2, 0) is 16.2 Å². The van der Waals surface area contributed by atoms with Crippen LogP contribution in [0.2, 0.25) is 5.02 Å². The van der Waals surface area contributed by atoms with Crippen LogP contribution in [0.1, 0.15) is 16.1 Å². The Kier molecular flexibility index (Phi) is 5.82. The standard InChI is InChI=1S/C19H13ClF3NO5S/c1-24(30(26,27)14-8-9-16(20)15(11-14)19(21,22)23)12-4-6-13(7-5-12)29-18(25)17-3-2-10-28-17/h2-11H,1H3. The second-order valence-corrected chi connectivity index (χ2v) is 8.35. The summed E-state index contributed by atoms with van der Waals surface area (Å²) in [5, 5.41) is -0.605. The molecule has 0 saturated heterocycles. The van der Waals surface area contributed by atoms with Crippen molar-refractivity contribution in [3.63, 3.8) is 0 Å². The van der Waals surface area contributed by atoms with Gasteiger partial charge in [0.1, 0.15) is 5.75 Å². The number of rotatable bonds is 5. The molecule has 2 aromatic carbocycles. The van der Waals surface area contributed by atoms with Crippen LogP contribution in [0.4, 0.5) is 18.9 Å². The van der Waals surface area contributed by atoms with E-state index >= 15 is 0 Å². The fourth-order valence-corrected chi connectivity index (χ4v) is 3.90. The summed E-state index contributed by atoms with van der Waals surface area (Å²) < 4.78 is 75.5. The van der Waals surface area contributed by atoms with E-state index in [0.29, 0.717) is 6.07 Å². The van der Waals surface area contributed by atoms with Gasteiger partial charge in [-0.2, -0.15) is 13.2 Å². The largest absolute Gasteiger partial charge is 0.457 e. The van der Waals surface area contributed by atoms with Gasteiger partial charge in [0.05, 0.1) is 27.4 Å². The summed E-state index contributed by atoms with van der Waals surface area (Å²) in [5.74, 6) is -0.631. The molecule has 0 unspecified atom stereocenters. The molecule has 0 saturated carbocycles. The normalized spacial score (nSPS) is 11.9. The Morgan fingerprint density at radius 2 is 1.77 bits per heavy atom. The van der Waals surface area contributed by atoms with Gasteiger partial charge in [0.2, 0.25) is 5.76 Å². The molecule has 0 aliphatic carbocycles. The van der Waals surface area contributed by atoms with Gasteiger partial charge < -0.3 is 9.15 Å². The molecule has 0 bridgehead atoms. The zero-order chi connectivity index (χ0) is 22.1. The zero-order valence-electron chi connectivity index (χ0n) is 15.2. The SMILES string of the molecule is CN(c1ccc(OC(=O)c2ccco2)cc1)S(=O)(=O)c1ccc(Cl)c(C(F)(F)F)c1. The number of carbonyl (C=O) groups excluding carboxylic acids is 1. The Morgan fingerprint density at radius 3 is 2.33 bits per heavy atom. The first kappa shape index (κ1) is 21.7. The Balaban J connectivity index is 1.83. The maximum atomic E-state index is 13.1. The minimum Gasteiger partial charge on any atom is -0.457 e. The molecule has 0 amide bonds. The van der Waals surface area contributed by atoms with Crippen molar-refractivity contribution in [3.05, 3.63) is 77.2 Å². The summed E-state index contributed by atoms with van der Waals surface area (Å²) in [6.07, 6.45) is -3.50. The summed E-state index contributed by atoms with van der Waals surface area (Å²) in [7, 11) is -3.13. The lowest BCUT2D eigenvalue weighted by atomic mass is 10.2. The first-order valence-corrected chi connectivity index (χ1v) is 10.0. The minimum absolute atomic E-state index is 0.0121. The Bertz CT molecular complexity index is 1160. The molecule has 1 aromatic heterocycles. The van der Waals surface area contributed by atoms with Crippen LogP contribution in [0.5, 0.6) is 5.75 Å². The van der Waals surface area contributed by atoms with Crippen molar-refractivity contribution in [1.82, 2.24) is 0 Å². The van der Waals surface area contributed by atoms with Gasteiger partial charge in [0.25, 0.3) is 10.0 Å². The number of furan rings is 1. The highest BCUT2D eigenvalue weighted by atomic mass is 35.5. The number of ether oxygens (including phenoxy) is 1. The van der Waals surface area contributed by atoms with Crippen molar-refractivity contribution >= 4 is 33.3 Å². The molecule has 6 nitrogen and oxygen atoms in total. The average Bonchev–Trinajstić information content (AvgIpc) is 3.22. The Labute approximate surface area is 174 Å². The third-order valence-corrected chi connectivity index (χ3v) is 6.15. The summed E-state index contributed by atoms with van der Waals surface area (Å²) >= 11 is 5.55. The third-order valence-electron chi connectivity index (χ3n) is 4.03. The lowest BCUT2D eigenvalue weighted by Gasteiger charge is -2.20. The second-order valence-electron chi connectivity index (χ2n) is 5.97. The van der Waals surface area contributed by atoms with E-state index in [1.54, 1.807) is 0 Å². The molecule has 11 heteroatoms. The van der Waals surface area contributed by atoms with Gasteiger partial charge in [-0.15, -0.1) is 0 Å². The van der Waals surface area contributed by atoms with Crippen molar-refractivity contribution < 1.29 is 35.5 Å². The fourth-order valence-electron chi connectivity index (χ4n) is 2.46. The predicted octanol–water partition coefficient (Wildman–Crippen LogP) is 5.00. The van der Waals surface area contributed by atoms with Gasteiger partial charge in [0.15, 0.2) is 0 Å². The van der Waals surface area contributed by atoms with Gasteiger partial charge in [0, 0.05) is 7.05 Å². The van der Waals surface area contributed by atoms with Crippen LogP contribution in [0.15, 0.2) is 70.2 Å². The monoisotopic (exact) mass is 459 g/mol. The first-order chi connectivity index (χ1) is 14.0. The molecular weight excluding hydrogens is 447 g/mol. The summed E-state index contributed by atoms with van der Waals surface area (Å²) in [5.41, 5.74) is -1.12. The minimum atomic E-state index is -4.80. The van der Waals surface area contributed by atoms with E-state index in [0.717, 1.165) is 16.4 Å². The molecule has 0 spiro atoms. The van der Waals surface area contributed by atoms with E-state index in [9.17, 15) is 26.4 Å². The molecule has 0 N–H and O–H groups in total. The number of hydrogen-bond donors (Lipinski definition) is 0. The van der Waals surface area contributed by atoms with Gasteiger partial charge in [-0.1, -0.05) is 11.6 Å². The number of nitrogens with zero attached hydrogens (tertiary/aromatic N) is 1. The second kappa shape index (κ2) is 8.04. The van der Waals surface area contributed by atoms with E-state index in [1.165, 1.54) is 49.7 Å². The van der Waals surface area contributed by atoms with E-state index in [1.807, 2.05) is 0 Å². The molecule has 1 heterocycles. The third kappa shape index (κ3) is 4.44. The molecule has 3 rings (SSSR count). The van der Waals surface area contributed by atoms with Crippen molar-refractivity contribution in [2.24, 2.45) is 0 Å². The summed E-state index contributed by atoms with van der Waals surface area (Å²) in [6.45, 7) is 0. The molecule has 0 fully saturated rings. The highest BCUT2D eigenvalue weighted by Gasteiger charge is 2.35. The van der Waals surface area contributed by atoms with E-state index < -0.39 is 37.7 Å². The molecule has 0 atom stereocenters. The van der Waals surface area contributed by atoms with Crippen LogP contribution < -0.4 is 9.04 Å². The predicted molar refractivity (Wildman–Crippen MR) is 102 cm³/mol. The number of alkyl halides is 3. The Hall–Kier alpha value is -2.98. The maximum Gasteiger partial charge on any atom is 0.417 e. The molecule has 3 aromatic rings. The fraction of sp³-hybridized carbons (Fsp3) is 0.105. The van der Waals surface area contributed by atoms with E-state index in [4.69, 9.17) is 20.8 Å². The molecule has 0 aliphatic rings. The quantitative estimate of drug-likeness (QED) is 0.396. The van der Waals surface area contributed by atoms with Crippen LogP contribution in [0.3, 0.4) is 0 Å². The van der Waals surface area contributed by atoms with Crippen LogP contribution >= 0.6 is 11.6 Å². The average molecular weight is 460 g/mol. The lowest BCUT2D eigenvalue weighted by molar-refractivity contribution is -0.137. The number of halogens is 4. The molecule has 30 heavy (non-hydrogen) atoms. The van der Waals surface area contributed by atoms with Gasteiger partial charge in [-0.25, -0.2) is 13.2 Å². The number of benzene rings is 2.